The molecule has 0 spiro atoms. The van der Waals surface area contributed by atoms with E-state index in [4.69, 9.17) is 16.5 Å². The standard InChI is InChI=1S/C28H38N6O2/c1-4-28(5-2,25(30)36)20-7-6-8-21(11-20)32-26-31-15-16(3)23(34-26)33-22-18-9-17-10-19(22)14-27(12-17,13-18)24(29)35/h6-8,11,15,17-19,22H,4-5,9-10,12-14H2,1-3H3,(H2,29,35)(H2,30,36)(H2,31,32,33,34). The van der Waals surface area contributed by atoms with Gasteiger partial charge in [-0.25, -0.2) is 4.98 Å². The number of hydrogen-bond donors (Lipinski definition) is 4. The molecule has 4 aliphatic carbocycles. The van der Waals surface area contributed by atoms with Gasteiger partial charge in [-0.1, -0.05) is 26.0 Å². The van der Waals surface area contributed by atoms with Crippen LogP contribution in [0, 0.1) is 30.1 Å². The molecule has 1 aromatic heterocycles. The van der Waals surface area contributed by atoms with Crippen LogP contribution in [-0.2, 0) is 15.0 Å². The van der Waals surface area contributed by atoms with E-state index in [1.165, 1.54) is 0 Å². The minimum absolute atomic E-state index is 0.112. The third-order valence-electron chi connectivity index (χ3n) is 9.42. The number of carbonyl (C=O) groups is 2. The maximum atomic E-state index is 12.3. The van der Waals surface area contributed by atoms with E-state index in [2.05, 4.69) is 15.6 Å². The van der Waals surface area contributed by atoms with Gasteiger partial charge in [-0.2, -0.15) is 4.98 Å². The fraction of sp³-hybridized carbons (Fsp3) is 0.571. The van der Waals surface area contributed by atoms with Gasteiger partial charge in [0, 0.05) is 28.9 Å². The molecule has 192 valence electrons. The van der Waals surface area contributed by atoms with Crippen molar-refractivity contribution in [1.82, 2.24) is 9.97 Å². The Labute approximate surface area is 213 Å². The lowest BCUT2D eigenvalue weighted by Gasteiger charge is -2.59. The zero-order valence-corrected chi connectivity index (χ0v) is 21.5. The second-order valence-electron chi connectivity index (χ2n) is 11.4. The number of anilines is 3. The van der Waals surface area contributed by atoms with Crippen LogP contribution in [0.25, 0.3) is 0 Å². The monoisotopic (exact) mass is 490 g/mol. The van der Waals surface area contributed by atoms with Crippen molar-refractivity contribution in [2.75, 3.05) is 10.6 Å². The third kappa shape index (κ3) is 4.00. The number of nitrogens with two attached hydrogens (primary N) is 2. The van der Waals surface area contributed by atoms with Crippen LogP contribution in [0.3, 0.4) is 0 Å². The van der Waals surface area contributed by atoms with Gasteiger partial charge in [0.25, 0.3) is 0 Å². The largest absolute Gasteiger partial charge is 0.369 e. The van der Waals surface area contributed by atoms with Crippen LogP contribution in [0.5, 0.6) is 0 Å². The third-order valence-corrected chi connectivity index (χ3v) is 9.42. The predicted molar refractivity (Wildman–Crippen MR) is 141 cm³/mol. The quantitative estimate of drug-likeness (QED) is 0.417. The first kappa shape index (κ1) is 24.5. The summed E-state index contributed by atoms with van der Waals surface area (Å²) < 4.78 is 0. The van der Waals surface area contributed by atoms with Gasteiger partial charge in [0.2, 0.25) is 17.8 Å². The predicted octanol–water partition coefficient (Wildman–Crippen LogP) is 4.16. The van der Waals surface area contributed by atoms with E-state index in [1.54, 1.807) is 0 Å². The molecule has 0 radical (unpaired) electrons. The number of nitrogens with one attached hydrogen (secondary N) is 2. The number of carbonyl (C=O) groups excluding carboxylic acids is 2. The molecule has 2 amide bonds. The number of nitrogens with zero attached hydrogens (tertiary/aromatic N) is 2. The molecule has 36 heavy (non-hydrogen) atoms. The first-order chi connectivity index (χ1) is 17.2. The molecule has 2 atom stereocenters. The normalized spacial score (nSPS) is 28.6. The molecular formula is C28H38N6O2. The molecular weight excluding hydrogens is 452 g/mol. The van der Waals surface area contributed by atoms with Gasteiger partial charge in [0.1, 0.15) is 5.82 Å². The topological polar surface area (TPSA) is 136 Å². The molecule has 0 saturated heterocycles. The maximum absolute atomic E-state index is 12.3. The number of benzene rings is 1. The summed E-state index contributed by atoms with van der Waals surface area (Å²) in [7, 11) is 0. The summed E-state index contributed by atoms with van der Waals surface area (Å²) in [6, 6.07) is 8.09. The summed E-state index contributed by atoms with van der Waals surface area (Å²) in [5, 5.41) is 7.06. The summed E-state index contributed by atoms with van der Waals surface area (Å²) in [6.07, 6.45) is 8.14. The minimum atomic E-state index is -0.694. The van der Waals surface area contributed by atoms with Crippen LogP contribution in [0.4, 0.5) is 17.5 Å². The Kier molecular flexibility index (Phi) is 6.17. The van der Waals surface area contributed by atoms with E-state index in [1.807, 2.05) is 51.2 Å². The van der Waals surface area contributed by atoms with Gasteiger partial charge in [-0.3, -0.25) is 9.59 Å². The first-order valence-electron chi connectivity index (χ1n) is 13.3. The molecule has 4 saturated carbocycles. The van der Waals surface area contributed by atoms with E-state index >= 15 is 0 Å². The molecule has 6 N–H and O–H groups in total. The number of amides is 2. The summed E-state index contributed by atoms with van der Waals surface area (Å²) in [4.78, 5) is 34.0. The smallest absolute Gasteiger partial charge is 0.229 e. The number of rotatable bonds is 9. The van der Waals surface area contributed by atoms with Crippen molar-refractivity contribution in [1.29, 1.82) is 0 Å². The van der Waals surface area contributed by atoms with E-state index in [-0.39, 0.29) is 17.2 Å². The molecule has 4 fully saturated rings. The highest BCUT2D eigenvalue weighted by Gasteiger charge is 2.58. The highest BCUT2D eigenvalue weighted by molar-refractivity contribution is 5.87. The lowest BCUT2D eigenvalue weighted by molar-refractivity contribution is -0.143. The van der Waals surface area contributed by atoms with Gasteiger partial charge in [0.05, 0.1) is 5.41 Å². The van der Waals surface area contributed by atoms with Crippen LogP contribution < -0.4 is 22.1 Å². The van der Waals surface area contributed by atoms with Crippen molar-refractivity contribution >= 4 is 29.3 Å². The van der Waals surface area contributed by atoms with Crippen molar-refractivity contribution in [3.8, 4) is 0 Å². The van der Waals surface area contributed by atoms with Crippen molar-refractivity contribution in [3.63, 3.8) is 0 Å². The van der Waals surface area contributed by atoms with E-state index < -0.39 is 5.41 Å². The number of hydrogen-bond acceptors (Lipinski definition) is 6. The highest BCUT2D eigenvalue weighted by atomic mass is 16.1. The van der Waals surface area contributed by atoms with Gasteiger partial charge >= 0.3 is 0 Å². The number of primary amides is 2. The van der Waals surface area contributed by atoms with E-state index in [9.17, 15) is 9.59 Å². The molecule has 0 aliphatic heterocycles. The maximum Gasteiger partial charge on any atom is 0.229 e. The molecule has 6 rings (SSSR count). The first-order valence-corrected chi connectivity index (χ1v) is 13.3. The van der Waals surface area contributed by atoms with Gasteiger partial charge in [-0.15, -0.1) is 0 Å². The Bertz CT molecular complexity index is 1160. The number of aromatic nitrogens is 2. The highest BCUT2D eigenvalue weighted by Crippen LogP contribution is 2.60. The summed E-state index contributed by atoms with van der Waals surface area (Å²) in [5.41, 5.74) is 13.4. The SMILES string of the molecule is CCC(CC)(C(N)=O)c1cccc(Nc2ncc(C)c(NC3C4CC5CC3CC(C(N)=O)(C5)C4)n2)c1. The lowest BCUT2D eigenvalue weighted by Crippen LogP contribution is -2.59. The van der Waals surface area contributed by atoms with Gasteiger partial charge < -0.3 is 22.1 Å². The average molecular weight is 491 g/mol. The minimum Gasteiger partial charge on any atom is -0.369 e. The molecule has 1 heterocycles. The lowest BCUT2D eigenvalue weighted by atomic mass is 9.47. The van der Waals surface area contributed by atoms with Gasteiger partial charge in [0.15, 0.2) is 0 Å². The van der Waals surface area contributed by atoms with Crippen molar-refractivity contribution < 1.29 is 9.59 Å². The van der Waals surface area contributed by atoms with Crippen LogP contribution >= 0.6 is 0 Å². The van der Waals surface area contributed by atoms with Crippen LogP contribution in [0.15, 0.2) is 30.5 Å². The Morgan fingerprint density at radius 3 is 2.42 bits per heavy atom. The van der Waals surface area contributed by atoms with Crippen molar-refractivity contribution in [2.24, 2.45) is 34.6 Å². The Hall–Kier alpha value is -3.16. The molecule has 4 bridgehead atoms. The zero-order valence-electron chi connectivity index (χ0n) is 21.5. The Morgan fingerprint density at radius 2 is 1.81 bits per heavy atom. The molecule has 4 aliphatic rings. The van der Waals surface area contributed by atoms with Crippen LogP contribution in [-0.4, -0.2) is 27.8 Å². The summed E-state index contributed by atoms with van der Waals surface area (Å²) >= 11 is 0. The van der Waals surface area contributed by atoms with Crippen LogP contribution in [0.2, 0.25) is 0 Å². The molecule has 1 aromatic carbocycles. The molecule has 2 unspecified atom stereocenters. The molecule has 2 aromatic rings. The Balaban J connectivity index is 1.36. The Morgan fingerprint density at radius 1 is 1.11 bits per heavy atom. The van der Waals surface area contributed by atoms with Crippen molar-refractivity contribution in [2.45, 2.75) is 77.2 Å². The van der Waals surface area contributed by atoms with Crippen molar-refractivity contribution in [3.05, 3.63) is 41.6 Å². The van der Waals surface area contributed by atoms with Crippen LogP contribution in [0.1, 0.15) is 69.9 Å². The molecule has 8 heteroatoms. The zero-order chi connectivity index (χ0) is 25.7. The molecule has 8 nitrogen and oxygen atoms in total. The second-order valence-corrected chi connectivity index (χ2v) is 11.4. The fourth-order valence-electron chi connectivity index (χ4n) is 7.54. The summed E-state index contributed by atoms with van der Waals surface area (Å²) in [6.45, 7) is 5.99. The second kappa shape index (κ2) is 9.05. The van der Waals surface area contributed by atoms with E-state index in [0.29, 0.717) is 42.6 Å². The number of aryl methyl sites for hydroxylation is 1. The fourth-order valence-corrected chi connectivity index (χ4v) is 7.54. The van der Waals surface area contributed by atoms with Gasteiger partial charge in [-0.05, 0) is 87.3 Å². The van der Waals surface area contributed by atoms with E-state index in [0.717, 1.165) is 54.7 Å². The summed E-state index contributed by atoms with van der Waals surface area (Å²) in [5.74, 6) is 2.39. The average Bonchev–Trinajstić information content (AvgIpc) is 2.84.